The van der Waals surface area contributed by atoms with Crippen molar-refractivity contribution in [1.29, 1.82) is 0 Å². The molecule has 2 heterocycles. The van der Waals surface area contributed by atoms with Crippen LogP contribution in [-0.4, -0.2) is 55.6 Å². The lowest BCUT2D eigenvalue weighted by atomic mass is 9.89. The first-order chi connectivity index (χ1) is 10.1. The van der Waals surface area contributed by atoms with Crippen molar-refractivity contribution in [1.82, 2.24) is 15.1 Å². The lowest BCUT2D eigenvalue weighted by Gasteiger charge is -2.38. The highest BCUT2D eigenvalue weighted by molar-refractivity contribution is 6.30. The van der Waals surface area contributed by atoms with Crippen molar-refractivity contribution in [2.24, 2.45) is 5.41 Å². The van der Waals surface area contributed by atoms with Gasteiger partial charge >= 0.3 is 0 Å². The van der Waals surface area contributed by atoms with Crippen LogP contribution >= 0.6 is 11.6 Å². The predicted octanol–water partition coefficient (Wildman–Crippen LogP) is 2.46. The molecule has 0 amide bonds. The quantitative estimate of drug-likeness (QED) is 0.922. The summed E-state index contributed by atoms with van der Waals surface area (Å²) in [5.41, 5.74) is 1.80. The van der Waals surface area contributed by atoms with Crippen LogP contribution in [0.3, 0.4) is 0 Å². The standard InChI is InChI=1S/C17H26ClN3/c1-17(5-6-19-13-17)14-21-9-7-20(8-10-21)12-15-3-2-4-16(18)11-15/h2-4,11,19H,5-10,12-14H2,1H3. The molecule has 116 valence electrons. The van der Waals surface area contributed by atoms with Crippen molar-refractivity contribution in [3.8, 4) is 0 Å². The molecule has 2 saturated heterocycles. The van der Waals surface area contributed by atoms with E-state index in [0.29, 0.717) is 5.41 Å². The molecule has 2 aliphatic rings. The highest BCUT2D eigenvalue weighted by Gasteiger charge is 2.31. The Kier molecular flexibility index (Phi) is 4.85. The minimum Gasteiger partial charge on any atom is -0.316 e. The van der Waals surface area contributed by atoms with Crippen molar-refractivity contribution in [3.05, 3.63) is 34.9 Å². The van der Waals surface area contributed by atoms with Gasteiger partial charge in [-0.3, -0.25) is 4.90 Å². The summed E-state index contributed by atoms with van der Waals surface area (Å²) in [6.45, 7) is 11.8. The average molecular weight is 308 g/mol. The molecule has 0 aliphatic carbocycles. The van der Waals surface area contributed by atoms with Crippen LogP contribution in [0.4, 0.5) is 0 Å². The van der Waals surface area contributed by atoms with Gasteiger partial charge in [-0.05, 0) is 36.1 Å². The number of hydrogen-bond donors (Lipinski definition) is 1. The van der Waals surface area contributed by atoms with Crippen LogP contribution in [0, 0.1) is 5.41 Å². The third-order valence-electron chi connectivity index (χ3n) is 4.82. The van der Waals surface area contributed by atoms with Gasteiger partial charge in [-0.15, -0.1) is 0 Å². The van der Waals surface area contributed by atoms with E-state index in [4.69, 9.17) is 11.6 Å². The molecule has 3 nitrogen and oxygen atoms in total. The predicted molar refractivity (Wildman–Crippen MR) is 88.8 cm³/mol. The first-order valence-corrected chi connectivity index (χ1v) is 8.41. The van der Waals surface area contributed by atoms with Crippen LogP contribution in [0.25, 0.3) is 0 Å². The van der Waals surface area contributed by atoms with E-state index >= 15 is 0 Å². The molecule has 2 aliphatic heterocycles. The number of halogens is 1. The van der Waals surface area contributed by atoms with Crippen molar-refractivity contribution in [2.75, 3.05) is 45.8 Å². The largest absolute Gasteiger partial charge is 0.316 e. The second kappa shape index (κ2) is 6.66. The van der Waals surface area contributed by atoms with Gasteiger partial charge in [-0.2, -0.15) is 0 Å². The highest BCUT2D eigenvalue weighted by Crippen LogP contribution is 2.26. The summed E-state index contributed by atoms with van der Waals surface area (Å²) >= 11 is 6.06. The first kappa shape index (κ1) is 15.3. The molecule has 21 heavy (non-hydrogen) atoms. The number of nitrogens with one attached hydrogen (secondary N) is 1. The Balaban J connectivity index is 1.46. The Morgan fingerprint density at radius 2 is 1.95 bits per heavy atom. The zero-order chi connectivity index (χ0) is 14.7. The van der Waals surface area contributed by atoms with E-state index in [1.807, 2.05) is 12.1 Å². The van der Waals surface area contributed by atoms with E-state index in [9.17, 15) is 0 Å². The third kappa shape index (κ3) is 4.19. The van der Waals surface area contributed by atoms with Crippen LogP contribution in [0.15, 0.2) is 24.3 Å². The minimum atomic E-state index is 0.481. The summed E-state index contributed by atoms with van der Waals surface area (Å²) in [5.74, 6) is 0. The zero-order valence-electron chi connectivity index (χ0n) is 12.9. The number of hydrogen-bond acceptors (Lipinski definition) is 3. The molecule has 1 aromatic rings. The van der Waals surface area contributed by atoms with Crippen LogP contribution in [0.2, 0.25) is 5.02 Å². The van der Waals surface area contributed by atoms with E-state index in [1.165, 1.54) is 44.7 Å². The maximum absolute atomic E-state index is 6.06. The van der Waals surface area contributed by atoms with Crippen LogP contribution in [0.5, 0.6) is 0 Å². The smallest absolute Gasteiger partial charge is 0.0409 e. The van der Waals surface area contributed by atoms with Gasteiger partial charge in [0, 0.05) is 50.8 Å². The molecular formula is C17H26ClN3. The Bertz CT molecular complexity index is 463. The van der Waals surface area contributed by atoms with Gasteiger partial charge in [0.15, 0.2) is 0 Å². The molecule has 2 fully saturated rings. The lowest BCUT2D eigenvalue weighted by molar-refractivity contribution is 0.0933. The molecule has 0 aromatic heterocycles. The number of rotatable bonds is 4. The van der Waals surface area contributed by atoms with E-state index < -0.39 is 0 Å². The van der Waals surface area contributed by atoms with Gasteiger partial charge in [0.05, 0.1) is 0 Å². The summed E-state index contributed by atoms with van der Waals surface area (Å²) in [4.78, 5) is 5.18. The summed E-state index contributed by atoms with van der Waals surface area (Å²) in [6, 6.07) is 8.24. The second-order valence-corrected chi connectivity index (χ2v) is 7.36. The maximum atomic E-state index is 6.06. The molecular weight excluding hydrogens is 282 g/mol. The Morgan fingerprint density at radius 1 is 1.19 bits per heavy atom. The van der Waals surface area contributed by atoms with Gasteiger partial charge in [0.1, 0.15) is 0 Å². The Hall–Kier alpha value is -0.610. The number of benzene rings is 1. The summed E-state index contributed by atoms with van der Waals surface area (Å²) in [7, 11) is 0. The van der Waals surface area contributed by atoms with Gasteiger partial charge in [-0.25, -0.2) is 0 Å². The van der Waals surface area contributed by atoms with E-state index in [0.717, 1.165) is 24.7 Å². The topological polar surface area (TPSA) is 18.5 Å². The average Bonchev–Trinajstić information content (AvgIpc) is 2.88. The van der Waals surface area contributed by atoms with Gasteiger partial charge in [-0.1, -0.05) is 30.7 Å². The van der Waals surface area contributed by atoms with Crippen LogP contribution in [0.1, 0.15) is 18.9 Å². The Morgan fingerprint density at radius 3 is 2.62 bits per heavy atom. The fourth-order valence-electron chi connectivity index (χ4n) is 3.54. The normalized spacial score (nSPS) is 28.1. The molecule has 0 bridgehead atoms. The van der Waals surface area contributed by atoms with Crippen molar-refractivity contribution >= 4 is 11.6 Å². The number of piperazine rings is 1. The van der Waals surface area contributed by atoms with Gasteiger partial charge < -0.3 is 10.2 Å². The molecule has 1 N–H and O–H groups in total. The lowest BCUT2D eigenvalue weighted by Crippen LogP contribution is -2.49. The first-order valence-electron chi connectivity index (χ1n) is 8.03. The maximum Gasteiger partial charge on any atom is 0.0409 e. The SMILES string of the molecule is CC1(CN2CCN(Cc3cccc(Cl)c3)CC2)CCNC1. The molecule has 1 atom stereocenters. The van der Waals surface area contributed by atoms with Crippen molar-refractivity contribution in [3.63, 3.8) is 0 Å². The van der Waals surface area contributed by atoms with Crippen molar-refractivity contribution < 1.29 is 0 Å². The molecule has 1 unspecified atom stereocenters. The Labute approximate surface area is 133 Å². The molecule has 4 heteroatoms. The zero-order valence-corrected chi connectivity index (χ0v) is 13.7. The molecule has 0 spiro atoms. The molecule has 0 radical (unpaired) electrons. The fourth-order valence-corrected chi connectivity index (χ4v) is 3.76. The highest BCUT2D eigenvalue weighted by atomic mass is 35.5. The van der Waals surface area contributed by atoms with E-state index in [2.05, 4.69) is 34.2 Å². The summed E-state index contributed by atoms with van der Waals surface area (Å²) < 4.78 is 0. The molecule has 0 saturated carbocycles. The number of nitrogens with zero attached hydrogens (tertiary/aromatic N) is 2. The van der Waals surface area contributed by atoms with Crippen LogP contribution < -0.4 is 5.32 Å². The second-order valence-electron chi connectivity index (χ2n) is 6.92. The summed E-state index contributed by atoms with van der Waals surface area (Å²) in [6.07, 6.45) is 1.32. The fraction of sp³-hybridized carbons (Fsp3) is 0.647. The summed E-state index contributed by atoms with van der Waals surface area (Å²) in [5, 5.41) is 4.34. The molecule has 1 aromatic carbocycles. The van der Waals surface area contributed by atoms with E-state index in [-0.39, 0.29) is 0 Å². The molecule has 3 rings (SSSR count). The van der Waals surface area contributed by atoms with E-state index in [1.54, 1.807) is 0 Å². The van der Waals surface area contributed by atoms with Crippen molar-refractivity contribution in [2.45, 2.75) is 19.9 Å². The minimum absolute atomic E-state index is 0.481. The van der Waals surface area contributed by atoms with Gasteiger partial charge in [0.2, 0.25) is 0 Å². The van der Waals surface area contributed by atoms with Gasteiger partial charge in [0.25, 0.3) is 0 Å². The monoisotopic (exact) mass is 307 g/mol. The van der Waals surface area contributed by atoms with Crippen LogP contribution in [-0.2, 0) is 6.54 Å². The third-order valence-corrected chi connectivity index (χ3v) is 5.06.